The van der Waals surface area contributed by atoms with Gasteiger partial charge >= 0.3 is 0 Å². The lowest BCUT2D eigenvalue weighted by atomic mass is 10.2. The molecule has 1 aromatic rings. The summed E-state index contributed by atoms with van der Waals surface area (Å²) in [6.45, 7) is 0.624. The van der Waals surface area contributed by atoms with Crippen molar-refractivity contribution in [1.29, 1.82) is 0 Å². The highest BCUT2D eigenvalue weighted by Crippen LogP contribution is 2.21. The molecule has 0 aromatic heterocycles. The lowest BCUT2D eigenvalue weighted by Gasteiger charge is -2.12. The maximum atomic E-state index is 13.3. The number of benzene rings is 1. The Morgan fingerprint density at radius 1 is 1.53 bits per heavy atom. The second-order valence-electron chi connectivity index (χ2n) is 3.40. The monoisotopic (exact) mass is 228 g/mol. The van der Waals surface area contributed by atoms with Crippen molar-refractivity contribution in [3.05, 3.63) is 29.0 Å². The van der Waals surface area contributed by atoms with Gasteiger partial charge in [-0.3, -0.25) is 4.79 Å². The second kappa shape index (κ2) is 4.06. The van der Waals surface area contributed by atoms with Gasteiger partial charge in [-0.2, -0.15) is 0 Å². The summed E-state index contributed by atoms with van der Waals surface area (Å²) >= 11 is 5.73. The maximum Gasteiger partial charge on any atom is 0.242 e. The standard InChI is InChI=1S/C10H10ClFN2O/c11-6-1-2-7(12)9(5-6)14-8-3-4-13-10(8)15/h1-2,5,8,14H,3-4H2,(H,13,15)/t8-/m1/s1. The number of rotatable bonds is 2. The zero-order chi connectivity index (χ0) is 10.8. The quantitative estimate of drug-likeness (QED) is 0.810. The molecule has 1 aromatic carbocycles. The Hall–Kier alpha value is -1.29. The molecule has 0 aliphatic carbocycles. The normalized spacial score (nSPS) is 20.1. The summed E-state index contributed by atoms with van der Waals surface area (Å²) in [7, 11) is 0. The number of nitrogens with one attached hydrogen (secondary N) is 2. The molecule has 0 saturated carbocycles. The van der Waals surface area contributed by atoms with E-state index in [1.165, 1.54) is 18.2 Å². The van der Waals surface area contributed by atoms with Crippen molar-refractivity contribution in [3.8, 4) is 0 Å². The van der Waals surface area contributed by atoms with Crippen molar-refractivity contribution < 1.29 is 9.18 Å². The average Bonchev–Trinajstić information content (AvgIpc) is 2.58. The molecule has 0 spiro atoms. The van der Waals surface area contributed by atoms with Gasteiger partial charge in [0.05, 0.1) is 5.69 Å². The van der Waals surface area contributed by atoms with Gasteiger partial charge in [0.15, 0.2) is 0 Å². The Balaban J connectivity index is 2.16. The highest BCUT2D eigenvalue weighted by molar-refractivity contribution is 6.30. The predicted molar refractivity (Wildman–Crippen MR) is 56.4 cm³/mol. The van der Waals surface area contributed by atoms with Crippen molar-refractivity contribution in [2.45, 2.75) is 12.5 Å². The Kier molecular flexibility index (Phi) is 2.77. The van der Waals surface area contributed by atoms with Gasteiger partial charge in [-0.15, -0.1) is 0 Å². The van der Waals surface area contributed by atoms with E-state index in [1.807, 2.05) is 0 Å². The molecule has 3 nitrogen and oxygen atoms in total. The minimum Gasteiger partial charge on any atom is -0.371 e. The van der Waals surface area contributed by atoms with Gasteiger partial charge in [-0.05, 0) is 24.6 Å². The van der Waals surface area contributed by atoms with Crippen molar-refractivity contribution in [2.75, 3.05) is 11.9 Å². The van der Waals surface area contributed by atoms with Crippen LogP contribution in [-0.4, -0.2) is 18.5 Å². The number of hydrogen-bond acceptors (Lipinski definition) is 2. The molecule has 1 atom stereocenters. The molecule has 1 fully saturated rings. The van der Waals surface area contributed by atoms with Crippen LogP contribution >= 0.6 is 11.6 Å². The molecule has 1 heterocycles. The zero-order valence-electron chi connectivity index (χ0n) is 7.89. The molecule has 80 valence electrons. The molecule has 1 saturated heterocycles. The summed E-state index contributed by atoms with van der Waals surface area (Å²) in [5, 5.41) is 5.94. The summed E-state index contributed by atoms with van der Waals surface area (Å²) in [4.78, 5) is 11.2. The summed E-state index contributed by atoms with van der Waals surface area (Å²) in [6, 6.07) is 3.86. The van der Waals surface area contributed by atoms with E-state index < -0.39 is 5.82 Å². The summed E-state index contributed by atoms with van der Waals surface area (Å²) < 4.78 is 13.3. The van der Waals surface area contributed by atoms with Gasteiger partial charge in [-0.1, -0.05) is 11.6 Å². The van der Waals surface area contributed by atoms with Gasteiger partial charge < -0.3 is 10.6 Å². The topological polar surface area (TPSA) is 41.1 Å². The molecule has 0 radical (unpaired) electrons. The van der Waals surface area contributed by atoms with Gasteiger partial charge in [0.2, 0.25) is 5.91 Å². The van der Waals surface area contributed by atoms with Gasteiger partial charge in [0.25, 0.3) is 0 Å². The zero-order valence-corrected chi connectivity index (χ0v) is 8.64. The fraction of sp³-hybridized carbons (Fsp3) is 0.300. The molecule has 1 aliphatic heterocycles. The summed E-state index contributed by atoms with van der Waals surface area (Å²) in [5.41, 5.74) is 0.268. The first-order valence-electron chi connectivity index (χ1n) is 4.66. The van der Waals surface area contributed by atoms with E-state index >= 15 is 0 Å². The maximum absolute atomic E-state index is 13.3. The molecule has 1 aliphatic rings. The number of anilines is 1. The van der Waals surface area contributed by atoms with Crippen molar-refractivity contribution >= 4 is 23.2 Å². The largest absolute Gasteiger partial charge is 0.371 e. The molecule has 2 N–H and O–H groups in total. The van der Waals surface area contributed by atoms with Crippen molar-refractivity contribution in [3.63, 3.8) is 0 Å². The molecular formula is C10H10ClFN2O. The van der Waals surface area contributed by atoms with E-state index in [-0.39, 0.29) is 17.6 Å². The molecule has 5 heteroatoms. The van der Waals surface area contributed by atoms with E-state index in [9.17, 15) is 9.18 Å². The van der Waals surface area contributed by atoms with Gasteiger partial charge in [-0.25, -0.2) is 4.39 Å². The van der Waals surface area contributed by atoms with Crippen LogP contribution in [0.1, 0.15) is 6.42 Å². The third-order valence-corrected chi connectivity index (χ3v) is 2.54. The van der Waals surface area contributed by atoms with Crippen LogP contribution < -0.4 is 10.6 Å². The predicted octanol–water partition coefficient (Wildman–Crippen LogP) is 1.78. The van der Waals surface area contributed by atoms with E-state index in [0.717, 1.165) is 0 Å². The van der Waals surface area contributed by atoms with E-state index in [0.29, 0.717) is 18.0 Å². The van der Waals surface area contributed by atoms with Gasteiger partial charge in [0.1, 0.15) is 11.9 Å². The number of amides is 1. The number of carbonyl (C=O) groups is 1. The third-order valence-electron chi connectivity index (χ3n) is 2.31. The Bertz CT molecular complexity index is 397. The fourth-order valence-corrected chi connectivity index (χ4v) is 1.70. The van der Waals surface area contributed by atoms with Crippen molar-refractivity contribution in [1.82, 2.24) is 5.32 Å². The molecule has 1 amide bonds. The van der Waals surface area contributed by atoms with E-state index in [1.54, 1.807) is 0 Å². The first-order chi connectivity index (χ1) is 7.16. The average molecular weight is 229 g/mol. The minimum atomic E-state index is -0.404. The third kappa shape index (κ3) is 2.21. The van der Waals surface area contributed by atoms with Crippen molar-refractivity contribution in [2.24, 2.45) is 0 Å². The lowest BCUT2D eigenvalue weighted by Crippen LogP contribution is -2.29. The Labute approximate surface area is 91.6 Å². The van der Waals surface area contributed by atoms with Crippen LogP contribution in [0.25, 0.3) is 0 Å². The first kappa shape index (κ1) is 10.2. The number of halogens is 2. The number of hydrogen-bond donors (Lipinski definition) is 2. The van der Waals surface area contributed by atoms with Crippen LogP contribution in [-0.2, 0) is 4.79 Å². The highest BCUT2D eigenvalue weighted by Gasteiger charge is 2.24. The van der Waals surface area contributed by atoms with Crippen LogP contribution in [0.4, 0.5) is 10.1 Å². The molecule has 15 heavy (non-hydrogen) atoms. The molecule has 0 bridgehead atoms. The summed E-state index contributed by atoms with van der Waals surface area (Å²) in [5.74, 6) is -0.506. The molecule has 2 rings (SSSR count). The Morgan fingerprint density at radius 2 is 2.33 bits per heavy atom. The first-order valence-corrected chi connectivity index (χ1v) is 5.04. The number of carbonyl (C=O) groups excluding carboxylic acids is 1. The fourth-order valence-electron chi connectivity index (χ4n) is 1.53. The van der Waals surface area contributed by atoms with E-state index in [4.69, 9.17) is 11.6 Å². The van der Waals surface area contributed by atoms with Gasteiger partial charge in [0, 0.05) is 11.6 Å². The van der Waals surface area contributed by atoms with Crippen LogP contribution in [0.2, 0.25) is 5.02 Å². The van der Waals surface area contributed by atoms with Crippen LogP contribution in [0, 0.1) is 5.82 Å². The smallest absolute Gasteiger partial charge is 0.242 e. The SMILES string of the molecule is O=C1NCC[C@H]1Nc1cc(Cl)ccc1F. The van der Waals surface area contributed by atoms with Crippen LogP contribution in [0.3, 0.4) is 0 Å². The second-order valence-corrected chi connectivity index (χ2v) is 3.84. The lowest BCUT2D eigenvalue weighted by molar-refractivity contribution is -0.119. The Morgan fingerprint density at radius 3 is 3.00 bits per heavy atom. The molecular weight excluding hydrogens is 219 g/mol. The minimum absolute atomic E-state index is 0.102. The highest BCUT2D eigenvalue weighted by atomic mass is 35.5. The van der Waals surface area contributed by atoms with E-state index in [2.05, 4.69) is 10.6 Å². The molecule has 0 unspecified atom stereocenters. The summed E-state index contributed by atoms with van der Waals surface area (Å²) in [6.07, 6.45) is 0.658. The van der Waals surface area contributed by atoms with Crippen LogP contribution in [0.5, 0.6) is 0 Å². The van der Waals surface area contributed by atoms with Crippen LogP contribution in [0.15, 0.2) is 18.2 Å².